The Kier molecular flexibility index (Phi) is 6.18. The molecule has 0 saturated carbocycles. The van der Waals surface area contributed by atoms with Crippen molar-refractivity contribution in [2.45, 2.75) is 29.9 Å². The molecule has 6 rings (SSSR count). The second kappa shape index (κ2) is 9.79. The molecule has 0 saturated heterocycles. The van der Waals surface area contributed by atoms with Gasteiger partial charge in [-0.05, 0) is 59.9 Å². The minimum atomic E-state index is -3.70. The summed E-state index contributed by atoms with van der Waals surface area (Å²) >= 11 is 0. The predicted molar refractivity (Wildman–Crippen MR) is 147 cm³/mol. The van der Waals surface area contributed by atoms with Crippen LogP contribution in [-0.2, 0) is 16.6 Å². The third-order valence-electron chi connectivity index (χ3n) is 7.16. The van der Waals surface area contributed by atoms with Crippen molar-refractivity contribution in [1.82, 2.24) is 0 Å². The molecule has 186 valence electrons. The molecule has 5 nitrogen and oxygen atoms in total. The van der Waals surface area contributed by atoms with Crippen LogP contribution in [0.4, 0.5) is 11.4 Å². The lowest BCUT2D eigenvalue weighted by Gasteiger charge is -2.38. The Balaban J connectivity index is 1.30. The SMILES string of the molecule is O=S(=O)(Nc1ccccc1)c1ccc2c(c1)C1C=CCC1C(c1ccccc1OCc1ccccc1)N2. The van der Waals surface area contributed by atoms with Crippen LogP contribution in [0.2, 0.25) is 0 Å². The monoisotopic (exact) mass is 508 g/mol. The second-order valence-electron chi connectivity index (χ2n) is 9.51. The fourth-order valence-corrected chi connectivity index (χ4v) is 6.47. The third kappa shape index (κ3) is 4.72. The minimum absolute atomic E-state index is 0.0457. The number of sulfonamides is 1. The molecule has 1 heterocycles. The molecule has 2 aliphatic rings. The van der Waals surface area contributed by atoms with Gasteiger partial charge in [0.15, 0.2) is 0 Å². The molecule has 1 aliphatic carbocycles. The molecule has 3 unspecified atom stereocenters. The largest absolute Gasteiger partial charge is 0.489 e. The van der Waals surface area contributed by atoms with Gasteiger partial charge in [-0.2, -0.15) is 0 Å². The molecule has 0 amide bonds. The summed E-state index contributed by atoms with van der Waals surface area (Å²) in [6, 6.07) is 32.7. The van der Waals surface area contributed by atoms with Crippen LogP contribution in [0.3, 0.4) is 0 Å². The number of rotatable bonds is 7. The van der Waals surface area contributed by atoms with E-state index in [2.05, 4.69) is 40.4 Å². The van der Waals surface area contributed by atoms with Gasteiger partial charge in [-0.15, -0.1) is 0 Å². The maximum absolute atomic E-state index is 13.1. The van der Waals surface area contributed by atoms with Crippen LogP contribution in [0, 0.1) is 5.92 Å². The van der Waals surface area contributed by atoms with Gasteiger partial charge in [0.1, 0.15) is 12.4 Å². The highest BCUT2D eigenvalue weighted by molar-refractivity contribution is 7.92. The number of fused-ring (bicyclic) bond motifs is 3. The van der Waals surface area contributed by atoms with Gasteiger partial charge in [0, 0.05) is 22.9 Å². The van der Waals surface area contributed by atoms with E-state index in [0.29, 0.717) is 12.3 Å². The fourth-order valence-electron chi connectivity index (χ4n) is 5.37. The molecule has 0 aromatic heterocycles. The molecule has 0 spiro atoms. The van der Waals surface area contributed by atoms with Gasteiger partial charge < -0.3 is 10.1 Å². The Hall–Kier alpha value is -4.03. The summed E-state index contributed by atoms with van der Waals surface area (Å²) < 4.78 is 35.2. The molecule has 0 fully saturated rings. The molecule has 37 heavy (non-hydrogen) atoms. The lowest BCUT2D eigenvalue weighted by Crippen LogP contribution is -2.29. The first-order chi connectivity index (χ1) is 18.1. The Morgan fingerprint density at radius 2 is 1.57 bits per heavy atom. The number of anilines is 2. The number of para-hydroxylation sites is 2. The zero-order valence-corrected chi connectivity index (χ0v) is 21.1. The lowest BCUT2D eigenvalue weighted by atomic mass is 9.77. The average molecular weight is 509 g/mol. The van der Waals surface area contributed by atoms with Crippen LogP contribution < -0.4 is 14.8 Å². The van der Waals surface area contributed by atoms with Crippen LogP contribution in [0.15, 0.2) is 120 Å². The van der Waals surface area contributed by atoms with E-state index in [-0.39, 0.29) is 22.8 Å². The summed E-state index contributed by atoms with van der Waals surface area (Å²) in [5.41, 5.74) is 4.75. The van der Waals surface area contributed by atoms with E-state index in [0.717, 1.165) is 34.5 Å². The first kappa shape index (κ1) is 23.4. The summed E-state index contributed by atoms with van der Waals surface area (Å²) in [6.45, 7) is 0.503. The lowest BCUT2D eigenvalue weighted by molar-refractivity contribution is 0.296. The van der Waals surface area contributed by atoms with Crippen molar-refractivity contribution < 1.29 is 13.2 Å². The van der Waals surface area contributed by atoms with Crippen LogP contribution in [0.25, 0.3) is 0 Å². The van der Waals surface area contributed by atoms with Crippen LogP contribution in [-0.4, -0.2) is 8.42 Å². The van der Waals surface area contributed by atoms with Crippen molar-refractivity contribution in [2.24, 2.45) is 5.92 Å². The Labute approximate surface area is 217 Å². The highest BCUT2D eigenvalue weighted by Crippen LogP contribution is 2.51. The first-order valence-electron chi connectivity index (χ1n) is 12.5. The Bertz CT molecular complexity index is 1540. The number of allylic oxidation sites excluding steroid dienone is 2. The summed E-state index contributed by atoms with van der Waals surface area (Å²) in [5.74, 6) is 1.24. The highest BCUT2D eigenvalue weighted by Gasteiger charge is 2.39. The normalized spacial score (nSPS) is 19.9. The Morgan fingerprint density at radius 1 is 0.838 bits per heavy atom. The second-order valence-corrected chi connectivity index (χ2v) is 11.2. The first-order valence-corrected chi connectivity index (χ1v) is 14.0. The van der Waals surface area contributed by atoms with E-state index in [9.17, 15) is 8.42 Å². The van der Waals surface area contributed by atoms with Crippen molar-refractivity contribution >= 4 is 21.4 Å². The van der Waals surface area contributed by atoms with Crippen LogP contribution in [0.5, 0.6) is 5.75 Å². The van der Waals surface area contributed by atoms with Gasteiger partial charge in [-0.1, -0.05) is 78.9 Å². The maximum atomic E-state index is 13.1. The van der Waals surface area contributed by atoms with Crippen LogP contribution >= 0.6 is 0 Å². The fraction of sp³-hybridized carbons (Fsp3) is 0.161. The third-order valence-corrected chi connectivity index (χ3v) is 8.54. The van der Waals surface area contributed by atoms with Gasteiger partial charge in [-0.25, -0.2) is 8.42 Å². The molecule has 0 bridgehead atoms. The number of hydrogen-bond acceptors (Lipinski definition) is 4. The average Bonchev–Trinajstić information content (AvgIpc) is 3.43. The van der Waals surface area contributed by atoms with Crippen molar-refractivity contribution in [3.8, 4) is 5.75 Å². The molecule has 4 aromatic carbocycles. The quantitative estimate of drug-likeness (QED) is 0.267. The van der Waals surface area contributed by atoms with E-state index in [1.54, 1.807) is 18.2 Å². The molecule has 3 atom stereocenters. The van der Waals surface area contributed by atoms with Crippen molar-refractivity contribution in [1.29, 1.82) is 0 Å². The zero-order chi connectivity index (χ0) is 25.2. The molecular formula is C31H28N2O3S. The highest BCUT2D eigenvalue weighted by atomic mass is 32.2. The number of hydrogen-bond donors (Lipinski definition) is 2. The smallest absolute Gasteiger partial charge is 0.261 e. The minimum Gasteiger partial charge on any atom is -0.489 e. The van der Waals surface area contributed by atoms with Crippen molar-refractivity contribution in [3.05, 3.63) is 132 Å². The van der Waals surface area contributed by atoms with Crippen LogP contribution in [0.1, 0.15) is 35.1 Å². The Morgan fingerprint density at radius 3 is 2.38 bits per heavy atom. The van der Waals surface area contributed by atoms with Gasteiger partial charge in [0.25, 0.3) is 10.0 Å². The number of ether oxygens (including phenoxy) is 1. The van der Waals surface area contributed by atoms with E-state index in [1.165, 1.54) is 0 Å². The topological polar surface area (TPSA) is 67.4 Å². The van der Waals surface area contributed by atoms with Gasteiger partial charge in [0.2, 0.25) is 0 Å². The van der Waals surface area contributed by atoms with Gasteiger partial charge in [0.05, 0.1) is 10.9 Å². The number of benzene rings is 4. The molecule has 0 radical (unpaired) electrons. The van der Waals surface area contributed by atoms with E-state index >= 15 is 0 Å². The summed E-state index contributed by atoms with van der Waals surface area (Å²) in [5, 5.41) is 3.72. The molecule has 2 N–H and O–H groups in total. The van der Waals surface area contributed by atoms with Crippen molar-refractivity contribution in [2.75, 3.05) is 10.0 Å². The van der Waals surface area contributed by atoms with E-state index in [4.69, 9.17) is 4.74 Å². The van der Waals surface area contributed by atoms with Gasteiger partial charge in [-0.3, -0.25) is 4.72 Å². The molecule has 4 aromatic rings. The molecule has 6 heteroatoms. The maximum Gasteiger partial charge on any atom is 0.261 e. The standard InChI is InChI=1S/C31H28N2O3S/c34-37(35,33-23-12-5-2-6-13-23)24-18-19-29-28(20-24)25-15-9-16-26(25)31(32-29)27-14-7-8-17-30(27)36-21-22-10-3-1-4-11-22/h1-15,17-20,25-26,31-33H,16,21H2. The molecular weight excluding hydrogens is 480 g/mol. The number of nitrogens with one attached hydrogen (secondary N) is 2. The van der Waals surface area contributed by atoms with E-state index < -0.39 is 10.0 Å². The molecule has 1 aliphatic heterocycles. The van der Waals surface area contributed by atoms with E-state index in [1.807, 2.05) is 66.7 Å². The zero-order valence-electron chi connectivity index (χ0n) is 20.2. The summed E-state index contributed by atoms with van der Waals surface area (Å²) in [4.78, 5) is 0.265. The summed E-state index contributed by atoms with van der Waals surface area (Å²) in [6.07, 6.45) is 5.33. The predicted octanol–water partition coefficient (Wildman–Crippen LogP) is 6.89. The van der Waals surface area contributed by atoms with Gasteiger partial charge >= 0.3 is 0 Å². The summed E-state index contributed by atoms with van der Waals surface area (Å²) in [7, 11) is -3.70. The van der Waals surface area contributed by atoms with Crippen molar-refractivity contribution in [3.63, 3.8) is 0 Å².